The molecule has 0 radical (unpaired) electrons. The number of nitrogens with zero attached hydrogens (tertiary/aromatic N) is 4. The van der Waals surface area contributed by atoms with Crippen LogP contribution in [0, 0.1) is 11.6 Å². The summed E-state index contributed by atoms with van der Waals surface area (Å²) in [5, 5.41) is -0.534. The van der Waals surface area contributed by atoms with Gasteiger partial charge in [-0.3, -0.25) is 9.36 Å². The molecule has 2 aliphatic heterocycles. The van der Waals surface area contributed by atoms with Gasteiger partial charge in [0.05, 0.1) is 16.1 Å². The van der Waals surface area contributed by atoms with Gasteiger partial charge >= 0.3 is 11.9 Å². The zero-order valence-electron chi connectivity index (χ0n) is 21.9. The average molecular weight is 614 g/mol. The number of alkyl halides is 3. The van der Waals surface area contributed by atoms with Gasteiger partial charge in [-0.1, -0.05) is 18.2 Å². The molecule has 3 aromatic rings. The number of anilines is 1. The van der Waals surface area contributed by atoms with E-state index in [1.165, 1.54) is 10.6 Å². The Morgan fingerprint density at radius 2 is 1.80 bits per heavy atom. The molecule has 3 heterocycles. The van der Waals surface area contributed by atoms with Gasteiger partial charge in [0.15, 0.2) is 0 Å². The molecule has 2 aromatic carbocycles. The molecule has 14 heteroatoms. The van der Waals surface area contributed by atoms with E-state index in [0.29, 0.717) is 6.07 Å². The van der Waals surface area contributed by atoms with Crippen LogP contribution >= 0.6 is 23.4 Å². The highest BCUT2D eigenvalue weighted by Gasteiger charge is 2.40. The van der Waals surface area contributed by atoms with Gasteiger partial charge in [0.2, 0.25) is 5.91 Å². The van der Waals surface area contributed by atoms with Crippen molar-refractivity contribution in [1.82, 2.24) is 14.5 Å². The number of piperazine rings is 1. The largest absolute Gasteiger partial charge is 0.417 e. The van der Waals surface area contributed by atoms with E-state index in [0.717, 1.165) is 23.9 Å². The molecule has 0 saturated carbocycles. The highest BCUT2D eigenvalue weighted by molar-refractivity contribution is 7.99. The van der Waals surface area contributed by atoms with E-state index >= 15 is 4.39 Å². The van der Waals surface area contributed by atoms with Crippen molar-refractivity contribution in [2.24, 2.45) is 5.73 Å². The van der Waals surface area contributed by atoms with Crippen LogP contribution in [-0.4, -0.2) is 57.3 Å². The smallest absolute Gasteiger partial charge is 0.352 e. The number of halogens is 6. The van der Waals surface area contributed by atoms with Gasteiger partial charge in [-0.15, -0.1) is 11.8 Å². The minimum absolute atomic E-state index is 0.0117. The molecule has 1 saturated heterocycles. The Bertz CT molecular complexity index is 1630. The van der Waals surface area contributed by atoms with Crippen molar-refractivity contribution < 1.29 is 26.7 Å². The molecule has 218 valence electrons. The summed E-state index contributed by atoms with van der Waals surface area (Å²) < 4.78 is 74.5. The van der Waals surface area contributed by atoms with Crippen LogP contribution in [-0.2, 0) is 17.5 Å². The van der Waals surface area contributed by atoms with E-state index in [4.69, 9.17) is 17.3 Å². The lowest BCUT2D eigenvalue weighted by molar-refractivity contribution is -0.137. The van der Waals surface area contributed by atoms with Gasteiger partial charge in [-0.25, -0.2) is 13.6 Å². The zero-order chi connectivity index (χ0) is 30.0. The van der Waals surface area contributed by atoms with Gasteiger partial charge in [-0.05, 0) is 32.1 Å². The monoisotopic (exact) mass is 613 g/mol. The SMILES string of the molecule is C=CC(=O)N1[C@H](C)CN(c2nc(=O)n3c4c(c(-c5cc(Cl)c(F)cc5F)c(C(F)(F)F)cc24)SC[C@@H](N)C3)C[C@@H]1C. The standard InChI is InChI=1S/C27H25ClF5N5O2S/c1-4-21(39)38-12(2)8-36(9-13(38)3)25-16-5-17(27(31,32)33)22(15-6-18(28)20(30)7-19(15)29)24-23(16)37(26(40)35-25)10-14(34)11-41-24/h4-7,12-14H,1,8-11,34H2,2-3H3/t12-,13+,14-/m0/s1. The van der Waals surface area contributed by atoms with Gasteiger partial charge < -0.3 is 15.5 Å². The number of amides is 1. The number of nitrogens with two attached hydrogens (primary N) is 1. The lowest BCUT2D eigenvalue weighted by Crippen LogP contribution is -2.58. The molecular weight excluding hydrogens is 589 g/mol. The summed E-state index contributed by atoms with van der Waals surface area (Å²) in [6.45, 7) is 7.42. The van der Waals surface area contributed by atoms with Crippen LogP contribution in [0.5, 0.6) is 0 Å². The maximum atomic E-state index is 15.1. The van der Waals surface area contributed by atoms with Crippen molar-refractivity contribution in [3.05, 3.63) is 63.6 Å². The quantitative estimate of drug-likeness (QED) is 0.253. The Morgan fingerprint density at radius 1 is 1.15 bits per heavy atom. The van der Waals surface area contributed by atoms with Gasteiger partial charge in [0, 0.05) is 71.0 Å². The molecule has 2 N–H and O–H groups in total. The van der Waals surface area contributed by atoms with Crippen molar-refractivity contribution >= 4 is 46.0 Å². The maximum absolute atomic E-state index is 15.1. The molecule has 0 aliphatic carbocycles. The molecule has 5 rings (SSSR count). The fourth-order valence-electron chi connectivity index (χ4n) is 5.66. The summed E-state index contributed by atoms with van der Waals surface area (Å²) in [5.41, 5.74) is 3.26. The second-order valence-corrected chi connectivity index (χ2v) is 11.7. The Labute approximate surface area is 240 Å². The number of carbonyl (C=O) groups is 1. The molecule has 0 bridgehead atoms. The minimum Gasteiger partial charge on any atom is -0.352 e. The van der Waals surface area contributed by atoms with E-state index in [1.54, 1.807) is 23.6 Å². The van der Waals surface area contributed by atoms with E-state index in [-0.39, 0.29) is 65.0 Å². The number of hydrogen-bond acceptors (Lipinski definition) is 6. The number of aromatic nitrogens is 2. The second kappa shape index (κ2) is 10.6. The van der Waals surface area contributed by atoms with Crippen molar-refractivity contribution in [3.8, 4) is 11.1 Å². The lowest BCUT2D eigenvalue weighted by Gasteiger charge is -2.44. The molecule has 0 unspecified atom stereocenters. The first-order chi connectivity index (χ1) is 19.2. The van der Waals surface area contributed by atoms with Crippen LogP contribution in [0.25, 0.3) is 22.0 Å². The fourth-order valence-corrected chi connectivity index (χ4v) is 7.03. The number of benzene rings is 2. The highest BCUT2D eigenvalue weighted by Crippen LogP contribution is 2.49. The maximum Gasteiger partial charge on any atom is 0.417 e. The average Bonchev–Trinajstić information content (AvgIpc) is 3.06. The topological polar surface area (TPSA) is 84.5 Å². The predicted octanol–water partition coefficient (Wildman–Crippen LogP) is 5.06. The van der Waals surface area contributed by atoms with Crippen LogP contribution in [0.2, 0.25) is 5.02 Å². The van der Waals surface area contributed by atoms with E-state index in [1.807, 2.05) is 0 Å². The van der Waals surface area contributed by atoms with Crippen molar-refractivity contribution in [2.45, 2.75) is 49.6 Å². The predicted molar refractivity (Wildman–Crippen MR) is 148 cm³/mol. The number of carbonyl (C=O) groups excluding carboxylic acids is 1. The first kappa shape index (κ1) is 29.3. The summed E-state index contributed by atoms with van der Waals surface area (Å²) in [7, 11) is 0. The lowest BCUT2D eigenvalue weighted by atomic mass is 9.95. The third-order valence-electron chi connectivity index (χ3n) is 7.29. The number of rotatable bonds is 3. The van der Waals surface area contributed by atoms with E-state index < -0.39 is 51.3 Å². The molecule has 2 aliphatic rings. The summed E-state index contributed by atoms with van der Waals surface area (Å²) >= 11 is 6.84. The molecular formula is C27H25ClF5N5O2S. The fraction of sp³-hybridized carbons (Fsp3) is 0.370. The van der Waals surface area contributed by atoms with Gasteiger partial charge in [0.1, 0.15) is 17.5 Å². The zero-order valence-corrected chi connectivity index (χ0v) is 23.5. The Morgan fingerprint density at radius 3 is 2.41 bits per heavy atom. The first-order valence-electron chi connectivity index (χ1n) is 12.6. The summed E-state index contributed by atoms with van der Waals surface area (Å²) in [5.74, 6) is -2.52. The van der Waals surface area contributed by atoms with Crippen LogP contribution in [0.15, 0.2) is 40.5 Å². The first-order valence-corrected chi connectivity index (χ1v) is 14.0. The van der Waals surface area contributed by atoms with E-state index in [9.17, 15) is 27.2 Å². The Hall–Kier alpha value is -3.16. The van der Waals surface area contributed by atoms with Crippen molar-refractivity contribution in [1.29, 1.82) is 0 Å². The Kier molecular flexibility index (Phi) is 7.58. The molecule has 0 spiro atoms. The molecule has 41 heavy (non-hydrogen) atoms. The van der Waals surface area contributed by atoms with Crippen LogP contribution < -0.4 is 16.3 Å². The number of thioether (sulfide) groups is 1. The molecule has 1 aromatic heterocycles. The molecule has 3 atom stereocenters. The molecule has 1 fully saturated rings. The minimum atomic E-state index is -4.98. The van der Waals surface area contributed by atoms with Crippen molar-refractivity contribution in [3.63, 3.8) is 0 Å². The summed E-state index contributed by atoms with van der Waals surface area (Å²) in [6, 6.07) is 0.709. The van der Waals surface area contributed by atoms with Gasteiger partial charge in [0.25, 0.3) is 0 Å². The van der Waals surface area contributed by atoms with Gasteiger partial charge in [-0.2, -0.15) is 18.2 Å². The van der Waals surface area contributed by atoms with E-state index in [2.05, 4.69) is 11.6 Å². The summed E-state index contributed by atoms with van der Waals surface area (Å²) in [4.78, 5) is 33.3. The van der Waals surface area contributed by atoms with Crippen LogP contribution in [0.1, 0.15) is 19.4 Å². The second-order valence-electron chi connectivity index (χ2n) is 10.2. The number of hydrogen-bond donors (Lipinski definition) is 1. The molecule has 7 nitrogen and oxygen atoms in total. The van der Waals surface area contributed by atoms with Crippen molar-refractivity contribution in [2.75, 3.05) is 23.7 Å². The normalized spacial score (nSPS) is 21.2. The Balaban J connectivity index is 1.85. The third kappa shape index (κ3) is 5.08. The summed E-state index contributed by atoms with van der Waals surface area (Å²) in [6.07, 6.45) is -3.78. The van der Waals surface area contributed by atoms with Crippen LogP contribution in [0.3, 0.4) is 0 Å². The molecule has 1 amide bonds. The highest BCUT2D eigenvalue weighted by atomic mass is 35.5. The third-order valence-corrected chi connectivity index (χ3v) is 8.86. The van der Waals surface area contributed by atoms with Crippen LogP contribution in [0.4, 0.5) is 27.8 Å².